The van der Waals surface area contributed by atoms with E-state index in [4.69, 9.17) is 5.26 Å². The van der Waals surface area contributed by atoms with Crippen molar-refractivity contribution in [1.29, 1.82) is 5.26 Å². The van der Waals surface area contributed by atoms with Gasteiger partial charge in [-0.05, 0) is 50.5 Å². The fourth-order valence-electron chi connectivity index (χ4n) is 1.87. The molecular formula is C13H14N2O. The normalized spacial score (nSPS) is 17.0. The highest BCUT2D eigenvalue weighted by Crippen LogP contribution is 2.31. The number of carbonyl (C=O) groups excluding carboxylic acids is 1. The molecule has 3 heteroatoms. The minimum Gasteiger partial charge on any atom is -0.347 e. The monoisotopic (exact) mass is 214 g/mol. The average molecular weight is 214 g/mol. The summed E-state index contributed by atoms with van der Waals surface area (Å²) in [5, 5.41) is 11.7. The molecule has 2 rings (SSSR count). The molecule has 0 saturated heterocycles. The van der Waals surface area contributed by atoms with Gasteiger partial charge in [-0.1, -0.05) is 0 Å². The second-order valence-corrected chi connectivity index (χ2v) is 4.56. The van der Waals surface area contributed by atoms with Gasteiger partial charge in [-0.3, -0.25) is 4.79 Å². The highest BCUT2D eigenvalue weighted by atomic mass is 16.1. The lowest BCUT2D eigenvalue weighted by Crippen LogP contribution is -2.50. The van der Waals surface area contributed by atoms with Crippen LogP contribution in [0.25, 0.3) is 0 Å². The molecule has 1 aliphatic rings. The SMILES string of the molecule is CC1(NC(=O)c2ccc(C#N)cc2)CCC1. The first-order valence-corrected chi connectivity index (χ1v) is 5.46. The molecule has 1 N–H and O–H groups in total. The van der Waals surface area contributed by atoms with Crippen molar-refractivity contribution in [3.63, 3.8) is 0 Å². The van der Waals surface area contributed by atoms with Crippen molar-refractivity contribution in [2.75, 3.05) is 0 Å². The maximum absolute atomic E-state index is 11.9. The van der Waals surface area contributed by atoms with E-state index >= 15 is 0 Å². The second kappa shape index (κ2) is 3.97. The zero-order chi connectivity index (χ0) is 11.6. The van der Waals surface area contributed by atoms with Crippen molar-refractivity contribution in [3.05, 3.63) is 35.4 Å². The van der Waals surface area contributed by atoms with Crippen molar-refractivity contribution in [2.45, 2.75) is 31.7 Å². The van der Waals surface area contributed by atoms with Crippen molar-refractivity contribution in [1.82, 2.24) is 5.32 Å². The number of nitrogens with zero attached hydrogens (tertiary/aromatic N) is 1. The molecule has 1 aliphatic carbocycles. The van der Waals surface area contributed by atoms with Crippen LogP contribution < -0.4 is 5.32 Å². The zero-order valence-electron chi connectivity index (χ0n) is 9.29. The van der Waals surface area contributed by atoms with Crippen LogP contribution in [0, 0.1) is 11.3 Å². The van der Waals surface area contributed by atoms with Crippen LogP contribution >= 0.6 is 0 Å². The molecule has 3 nitrogen and oxygen atoms in total. The fourth-order valence-corrected chi connectivity index (χ4v) is 1.87. The molecule has 1 saturated carbocycles. The highest BCUT2D eigenvalue weighted by Gasteiger charge is 2.33. The van der Waals surface area contributed by atoms with Gasteiger partial charge in [0.15, 0.2) is 0 Å². The van der Waals surface area contributed by atoms with E-state index in [1.165, 1.54) is 6.42 Å². The standard InChI is InChI=1S/C13H14N2O/c1-13(7-2-8-13)15-12(16)11-5-3-10(9-14)4-6-11/h3-6H,2,7-8H2,1H3,(H,15,16). The Morgan fingerprint density at radius 3 is 2.44 bits per heavy atom. The van der Waals surface area contributed by atoms with Crippen molar-refractivity contribution < 1.29 is 4.79 Å². The van der Waals surface area contributed by atoms with Crippen LogP contribution in [0.2, 0.25) is 0 Å². The van der Waals surface area contributed by atoms with Gasteiger partial charge in [-0.25, -0.2) is 0 Å². The van der Waals surface area contributed by atoms with Gasteiger partial charge in [0, 0.05) is 11.1 Å². The van der Waals surface area contributed by atoms with E-state index in [0.29, 0.717) is 11.1 Å². The van der Waals surface area contributed by atoms with E-state index in [0.717, 1.165) is 12.8 Å². The molecule has 0 aliphatic heterocycles. The van der Waals surface area contributed by atoms with Gasteiger partial charge in [0.05, 0.1) is 11.6 Å². The molecule has 0 atom stereocenters. The summed E-state index contributed by atoms with van der Waals surface area (Å²) in [6.07, 6.45) is 3.29. The fraction of sp³-hybridized carbons (Fsp3) is 0.385. The predicted octanol–water partition coefficient (Wildman–Crippen LogP) is 2.23. The van der Waals surface area contributed by atoms with Crippen LogP contribution in [0.4, 0.5) is 0 Å². The number of nitriles is 1. The number of amides is 1. The van der Waals surface area contributed by atoms with Crippen LogP contribution in [0.1, 0.15) is 42.1 Å². The summed E-state index contributed by atoms with van der Waals surface area (Å²) < 4.78 is 0. The Morgan fingerprint density at radius 2 is 2.00 bits per heavy atom. The van der Waals surface area contributed by atoms with Crippen LogP contribution in [-0.2, 0) is 0 Å². The Morgan fingerprint density at radius 1 is 1.38 bits per heavy atom. The van der Waals surface area contributed by atoms with E-state index in [1.807, 2.05) is 6.07 Å². The number of carbonyl (C=O) groups is 1. The first-order valence-electron chi connectivity index (χ1n) is 5.46. The lowest BCUT2D eigenvalue weighted by Gasteiger charge is -2.39. The maximum atomic E-state index is 11.9. The van der Waals surface area contributed by atoms with Crippen LogP contribution in [-0.4, -0.2) is 11.4 Å². The third-order valence-electron chi connectivity index (χ3n) is 3.15. The van der Waals surface area contributed by atoms with Gasteiger partial charge in [0.25, 0.3) is 5.91 Å². The van der Waals surface area contributed by atoms with E-state index in [1.54, 1.807) is 24.3 Å². The Hall–Kier alpha value is -1.82. The zero-order valence-corrected chi connectivity index (χ0v) is 9.29. The van der Waals surface area contributed by atoms with Gasteiger partial charge >= 0.3 is 0 Å². The number of nitrogens with one attached hydrogen (secondary N) is 1. The van der Waals surface area contributed by atoms with Gasteiger partial charge in [-0.15, -0.1) is 0 Å². The first kappa shape index (κ1) is 10.7. The first-order chi connectivity index (χ1) is 7.63. The summed E-state index contributed by atoms with van der Waals surface area (Å²) in [7, 11) is 0. The predicted molar refractivity (Wildman–Crippen MR) is 60.9 cm³/mol. The molecular weight excluding hydrogens is 200 g/mol. The summed E-state index contributed by atoms with van der Waals surface area (Å²) in [5.74, 6) is -0.0494. The summed E-state index contributed by atoms with van der Waals surface area (Å²) in [4.78, 5) is 11.9. The molecule has 1 fully saturated rings. The van der Waals surface area contributed by atoms with Crippen LogP contribution in [0.5, 0.6) is 0 Å². The average Bonchev–Trinajstić information content (AvgIpc) is 2.27. The molecule has 0 unspecified atom stereocenters. The van der Waals surface area contributed by atoms with Crippen molar-refractivity contribution in [2.24, 2.45) is 0 Å². The smallest absolute Gasteiger partial charge is 0.251 e. The number of hydrogen-bond acceptors (Lipinski definition) is 2. The lowest BCUT2D eigenvalue weighted by molar-refractivity contribution is 0.0850. The van der Waals surface area contributed by atoms with Crippen molar-refractivity contribution in [3.8, 4) is 6.07 Å². The molecule has 1 aromatic carbocycles. The molecule has 16 heavy (non-hydrogen) atoms. The third kappa shape index (κ3) is 2.06. The highest BCUT2D eigenvalue weighted by molar-refractivity contribution is 5.94. The summed E-state index contributed by atoms with van der Waals surface area (Å²) >= 11 is 0. The molecule has 0 radical (unpaired) electrons. The van der Waals surface area contributed by atoms with E-state index in [2.05, 4.69) is 12.2 Å². The summed E-state index contributed by atoms with van der Waals surface area (Å²) in [6, 6.07) is 8.74. The Balaban J connectivity index is 2.06. The Bertz CT molecular complexity index is 438. The third-order valence-corrected chi connectivity index (χ3v) is 3.15. The van der Waals surface area contributed by atoms with Crippen LogP contribution in [0.3, 0.4) is 0 Å². The van der Waals surface area contributed by atoms with Crippen molar-refractivity contribution >= 4 is 5.91 Å². The molecule has 0 bridgehead atoms. The van der Waals surface area contributed by atoms with E-state index in [9.17, 15) is 4.79 Å². The van der Waals surface area contributed by atoms with Gasteiger partial charge in [0.2, 0.25) is 0 Å². The molecule has 0 heterocycles. The quantitative estimate of drug-likeness (QED) is 0.820. The topological polar surface area (TPSA) is 52.9 Å². The lowest BCUT2D eigenvalue weighted by atomic mass is 9.78. The minimum atomic E-state index is -0.0494. The maximum Gasteiger partial charge on any atom is 0.251 e. The molecule has 0 aromatic heterocycles. The number of benzene rings is 1. The minimum absolute atomic E-state index is 0.0228. The Labute approximate surface area is 95.1 Å². The Kier molecular flexibility index (Phi) is 2.66. The second-order valence-electron chi connectivity index (χ2n) is 4.56. The van der Waals surface area contributed by atoms with Gasteiger partial charge < -0.3 is 5.32 Å². The van der Waals surface area contributed by atoms with Gasteiger partial charge in [-0.2, -0.15) is 5.26 Å². The largest absolute Gasteiger partial charge is 0.347 e. The molecule has 82 valence electrons. The van der Waals surface area contributed by atoms with Gasteiger partial charge in [0.1, 0.15) is 0 Å². The summed E-state index contributed by atoms with van der Waals surface area (Å²) in [6.45, 7) is 2.07. The number of hydrogen-bond donors (Lipinski definition) is 1. The molecule has 1 aromatic rings. The van der Waals surface area contributed by atoms with Crippen LogP contribution in [0.15, 0.2) is 24.3 Å². The van der Waals surface area contributed by atoms with E-state index in [-0.39, 0.29) is 11.4 Å². The van der Waals surface area contributed by atoms with E-state index < -0.39 is 0 Å². The molecule has 1 amide bonds. The number of rotatable bonds is 2. The molecule has 0 spiro atoms. The summed E-state index contributed by atoms with van der Waals surface area (Å²) in [5.41, 5.74) is 1.17.